The number of carbonyl (C=O) groups is 1. The number of carbonyl (C=O) groups excluding carboxylic acids is 1. The Morgan fingerprint density at radius 1 is 1.03 bits per heavy atom. The summed E-state index contributed by atoms with van der Waals surface area (Å²) in [6.07, 6.45) is 3.09. The second-order valence-corrected chi connectivity index (χ2v) is 9.05. The zero-order chi connectivity index (χ0) is 21.3. The minimum absolute atomic E-state index is 0.223. The molecule has 4 rings (SSSR count). The fourth-order valence-electron chi connectivity index (χ4n) is 3.16. The van der Waals surface area contributed by atoms with Gasteiger partial charge in [0.15, 0.2) is 5.65 Å². The number of aryl methyl sites for hydroxylation is 2. The van der Waals surface area contributed by atoms with Gasteiger partial charge in [-0.3, -0.25) is 9.89 Å². The maximum atomic E-state index is 13.0. The highest BCUT2D eigenvalue weighted by Gasteiger charge is 2.20. The number of H-pyrrole nitrogens is 1. The van der Waals surface area contributed by atoms with Crippen LogP contribution in [-0.4, -0.2) is 29.5 Å². The quantitative estimate of drug-likeness (QED) is 0.515. The van der Waals surface area contributed by atoms with E-state index in [1.165, 1.54) is 6.20 Å². The summed E-state index contributed by atoms with van der Waals surface area (Å²) in [5.41, 5.74) is 3.44. The molecule has 0 fully saturated rings. The van der Waals surface area contributed by atoms with Crippen LogP contribution < -0.4 is 5.32 Å². The zero-order valence-corrected chi connectivity index (χ0v) is 17.3. The number of hydrogen-bond donors (Lipinski definition) is 2. The normalized spacial score (nSPS) is 11.5. The molecular formula is C22H20N4O3S. The second-order valence-electron chi connectivity index (χ2n) is 7.13. The first kappa shape index (κ1) is 19.8. The smallest absolute Gasteiger partial charge is 0.253 e. The molecule has 7 nitrogen and oxygen atoms in total. The van der Waals surface area contributed by atoms with Crippen LogP contribution in [0.3, 0.4) is 0 Å². The lowest BCUT2D eigenvalue weighted by molar-refractivity contribution is 0.0950. The van der Waals surface area contributed by atoms with Crippen LogP contribution in [0, 0.1) is 13.8 Å². The number of amides is 1. The molecule has 0 unspecified atom stereocenters. The highest BCUT2D eigenvalue weighted by atomic mass is 32.2. The number of sulfone groups is 1. The predicted molar refractivity (Wildman–Crippen MR) is 113 cm³/mol. The van der Waals surface area contributed by atoms with Gasteiger partial charge >= 0.3 is 0 Å². The van der Waals surface area contributed by atoms with E-state index >= 15 is 0 Å². The van der Waals surface area contributed by atoms with Crippen molar-refractivity contribution in [3.63, 3.8) is 0 Å². The Balaban J connectivity index is 1.48. The molecule has 0 atom stereocenters. The van der Waals surface area contributed by atoms with E-state index in [4.69, 9.17) is 0 Å². The number of benzene rings is 2. The molecule has 2 N–H and O–H groups in total. The molecule has 8 heteroatoms. The largest absolute Gasteiger partial charge is 0.348 e. The summed E-state index contributed by atoms with van der Waals surface area (Å²) >= 11 is 0. The van der Waals surface area contributed by atoms with Crippen molar-refractivity contribution in [1.29, 1.82) is 0 Å². The van der Waals surface area contributed by atoms with Crippen molar-refractivity contribution in [2.45, 2.75) is 30.2 Å². The number of nitrogens with one attached hydrogen (secondary N) is 2. The number of hydrogen-bond acceptors (Lipinski definition) is 5. The Labute approximate surface area is 174 Å². The number of aromatic amines is 1. The van der Waals surface area contributed by atoms with Gasteiger partial charge < -0.3 is 5.32 Å². The Morgan fingerprint density at radius 2 is 1.80 bits per heavy atom. The van der Waals surface area contributed by atoms with Crippen molar-refractivity contribution in [1.82, 2.24) is 20.5 Å². The number of fused-ring (bicyclic) bond motifs is 1. The Hall–Kier alpha value is -3.52. The fraction of sp³-hybridized carbons (Fsp3) is 0.136. The second kappa shape index (κ2) is 7.72. The molecule has 152 valence electrons. The van der Waals surface area contributed by atoms with Gasteiger partial charge in [-0.05, 0) is 54.8 Å². The highest BCUT2D eigenvalue weighted by Crippen LogP contribution is 2.25. The summed E-state index contributed by atoms with van der Waals surface area (Å²) in [5.74, 6) is -0.266. The average Bonchev–Trinajstić information content (AvgIpc) is 3.22. The molecule has 0 aliphatic carbocycles. The molecule has 0 spiro atoms. The van der Waals surface area contributed by atoms with Crippen molar-refractivity contribution in [3.05, 3.63) is 83.2 Å². The first-order valence-electron chi connectivity index (χ1n) is 9.33. The van der Waals surface area contributed by atoms with Crippen LogP contribution in [0.4, 0.5) is 0 Å². The van der Waals surface area contributed by atoms with Gasteiger partial charge in [-0.15, -0.1) is 0 Å². The van der Waals surface area contributed by atoms with E-state index in [-0.39, 0.29) is 17.3 Å². The number of nitrogens with zero attached hydrogens (tertiary/aromatic N) is 2. The fourth-order valence-corrected chi connectivity index (χ4v) is 4.74. The van der Waals surface area contributed by atoms with E-state index in [2.05, 4.69) is 20.5 Å². The first-order valence-corrected chi connectivity index (χ1v) is 10.8. The van der Waals surface area contributed by atoms with Gasteiger partial charge in [0.2, 0.25) is 9.84 Å². The molecule has 0 bridgehead atoms. The lowest BCUT2D eigenvalue weighted by atomic mass is 10.2. The minimum atomic E-state index is -3.60. The van der Waals surface area contributed by atoms with Crippen LogP contribution in [-0.2, 0) is 16.4 Å². The molecule has 0 aliphatic rings. The van der Waals surface area contributed by atoms with Crippen LogP contribution in [0.15, 0.2) is 70.7 Å². The van der Waals surface area contributed by atoms with Crippen LogP contribution in [0.5, 0.6) is 0 Å². The monoisotopic (exact) mass is 420 g/mol. The molecule has 1 amide bonds. The zero-order valence-electron chi connectivity index (χ0n) is 16.5. The third kappa shape index (κ3) is 3.81. The minimum Gasteiger partial charge on any atom is -0.348 e. The standard InChI is InChI=1S/C22H20N4O3S/c1-14-3-4-15(2)20(9-14)30(28,29)19-7-5-16(6-8-19)11-24-22(27)18-10-17-13-25-26-21(17)23-12-18/h3-10,12-13H,11H2,1-2H3,(H,24,27)(H,23,25,26). The first-order chi connectivity index (χ1) is 14.3. The Morgan fingerprint density at radius 3 is 2.57 bits per heavy atom. The lowest BCUT2D eigenvalue weighted by Gasteiger charge is -2.10. The molecule has 2 heterocycles. The van der Waals surface area contributed by atoms with Gasteiger partial charge in [-0.2, -0.15) is 5.10 Å². The lowest BCUT2D eigenvalue weighted by Crippen LogP contribution is -2.22. The predicted octanol–water partition coefficient (Wildman–Crippen LogP) is 3.34. The summed E-state index contributed by atoms with van der Waals surface area (Å²) in [4.78, 5) is 17.1. The van der Waals surface area contributed by atoms with Crippen LogP contribution in [0.1, 0.15) is 27.0 Å². The van der Waals surface area contributed by atoms with Crippen molar-refractivity contribution in [2.24, 2.45) is 0 Å². The van der Waals surface area contributed by atoms with Crippen molar-refractivity contribution >= 4 is 26.8 Å². The van der Waals surface area contributed by atoms with Crippen LogP contribution in [0.2, 0.25) is 0 Å². The topological polar surface area (TPSA) is 105 Å². The summed E-state index contributed by atoms with van der Waals surface area (Å²) in [5, 5.41) is 10.2. The van der Waals surface area contributed by atoms with Gasteiger partial charge in [-0.1, -0.05) is 24.3 Å². The van der Waals surface area contributed by atoms with E-state index in [1.807, 2.05) is 19.1 Å². The van der Waals surface area contributed by atoms with Crippen LogP contribution >= 0.6 is 0 Å². The van der Waals surface area contributed by atoms with Gasteiger partial charge in [0, 0.05) is 18.1 Å². The highest BCUT2D eigenvalue weighted by molar-refractivity contribution is 7.91. The summed E-state index contributed by atoms with van der Waals surface area (Å²) in [6.45, 7) is 3.92. The Kier molecular flexibility index (Phi) is 5.09. The molecule has 2 aromatic carbocycles. The maximum absolute atomic E-state index is 13.0. The van der Waals surface area contributed by atoms with Crippen molar-refractivity contribution in [3.8, 4) is 0 Å². The number of rotatable bonds is 5. The number of aromatic nitrogens is 3. The molecule has 2 aromatic heterocycles. The van der Waals surface area contributed by atoms with Crippen molar-refractivity contribution in [2.75, 3.05) is 0 Å². The van der Waals surface area contributed by atoms with Crippen LogP contribution in [0.25, 0.3) is 11.0 Å². The van der Waals surface area contributed by atoms with Crippen molar-refractivity contribution < 1.29 is 13.2 Å². The third-order valence-corrected chi connectivity index (χ3v) is 6.78. The van der Waals surface area contributed by atoms with Gasteiger partial charge in [-0.25, -0.2) is 13.4 Å². The molecule has 30 heavy (non-hydrogen) atoms. The molecule has 0 saturated carbocycles. The maximum Gasteiger partial charge on any atom is 0.253 e. The summed E-state index contributed by atoms with van der Waals surface area (Å²) in [6, 6.07) is 13.6. The molecular weight excluding hydrogens is 400 g/mol. The van der Waals surface area contributed by atoms with Gasteiger partial charge in [0.05, 0.1) is 21.6 Å². The molecule has 4 aromatic rings. The molecule has 0 saturated heterocycles. The summed E-state index contributed by atoms with van der Waals surface area (Å²) in [7, 11) is -3.60. The van der Waals surface area contributed by atoms with E-state index in [1.54, 1.807) is 49.5 Å². The number of pyridine rings is 1. The molecule has 0 aliphatic heterocycles. The third-order valence-electron chi connectivity index (χ3n) is 4.87. The van der Waals surface area contributed by atoms with E-state index in [0.29, 0.717) is 21.7 Å². The van der Waals surface area contributed by atoms with Gasteiger partial charge in [0.1, 0.15) is 0 Å². The van der Waals surface area contributed by atoms with E-state index in [0.717, 1.165) is 16.5 Å². The average molecular weight is 420 g/mol. The Bertz CT molecular complexity index is 1340. The molecule has 0 radical (unpaired) electrons. The van der Waals surface area contributed by atoms with E-state index < -0.39 is 9.84 Å². The summed E-state index contributed by atoms with van der Waals surface area (Å²) < 4.78 is 25.9. The SMILES string of the molecule is Cc1ccc(C)c(S(=O)(=O)c2ccc(CNC(=O)c3cnc4[nH]ncc4c3)cc2)c1. The van der Waals surface area contributed by atoms with E-state index in [9.17, 15) is 13.2 Å². The van der Waals surface area contributed by atoms with Gasteiger partial charge in [0.25, 0.3) is 5.91 Å².